The summed E-state index contributed by atoms with van der Waals surface area (Å²) in [5.74, 6) is 0.802. The zero-order valence-electron chi connectivity index (χ0n) is 10.0. The molecule has 1 N–H and O–H groups in total. The third-order valence-electron chi connectivity index (χ3n) is 2.55. The lowest BCUT2D eigenvalue weighted by Gasteiger charge is -2.11. The van der Waals surface area contributed by atoms with Crippen LogP contribution in [0, 0.1) is 6.92 Å². The third-order valence-corrected chi connectivity index (χ3v) is 3.43. The maximum Gasteiger partial charge on any atom is 0.119 e. The first kappa shape index (κ1) is 12.1. The monoisotopic (exact) mass is 248 g/mol. The molecular formula is C14H16O2S. The summed E-state index contributed by atoms with van der Waals surface area (Å²) in [5.41, 5.74) is 1.81. The number of hydrogen-bond acceptors (Lipinski definition) is 3. The quantitative estimate of drug-likeness (QED) is 0.896. The Kier molecular flexibility index (Phi) is 3.82. The fourth-order valence-corrected chi connectivity index (χ4v) is 2.46. The Bertz CT molecular complexity index is 490. The molecule has 1 atom stereocenters. The average Bonchev–Trinajstić information content (AvgIpc) is 2.76. The second kappa shape index (κ2) is 5.34. The lowest BCUT2D eigenvalue weighted by Crippen LogP contribution is -1.99. The third kappa shape index (κ3) is 2.87. The number of aryl methyl sites for hydroxylation is 1. The number of thiophene rings is 1. The lowest BCUT2D eigenvalue weighted by atomic mass is 10.0. The van der Waals surface area contributed by atoms with Gasteiger partial charge in [-0.15, -0.1) is 11.3 Å². The number of hydrogen-bond donors (Lipinski definition) is 1. The highest BCUT2D eigenvalue weighted by molar-refractivity contribution is 7.10. The van der Waals surface area contributed by atoms with E-state index in [1.54, 1.807) is 11.3 Å². The van der Waals surface area contributed by atoms with Crippen LogP contribution in [0.4, 0.5) is 0 Å². The maximum atomic E-state index is 10.2. The molecule has 0 radical (unpaired) electrons. The molecular weight excluding hydrogens is 232 g/mol. The Morgan fingerprint density at radius 3 is 2.76 bits per heavy atom. The fraction of sp³-hybridized carbons (Fsp3) is 0.286. The summed E-state index contributed by atoms with van der Waals surface area (Å²) in [6.45, 7) is 4.62. The van der Waals surface area contributed by atoms with E-state index < -0.39 is 6.10 Å². The van der Waals surface area contributed by atoms with E-state index in [9.17, 15) is 5.11 Å². The minimum Gasteiger partial charge on any atom is -0.494 e. The summed E-state index contributed by atoms with van der Waals surface area (Å²) in [5, 5.41) is 12.2. The minimum absolute atomic E-state index is 0.569. The van der Waals surface area contributed by atoms with Gasteiger partial charge in [0, 0.05) is 4.88 Å². The standard InChI is InChI=1S/C14H16O2S/c1-3-16-13-6-4-5-11(8-13)14(15)12-7-10(2)17-9-12/h4-9,14-15H,3H2,1-2H3. The fourth-order valence-electron chi connectivity index (χ4n) is 1.74. The smallest absolute Gasteiger partial charge is 0.119 e. The lowest BCUT2D eigenvalue weighted by molar-refractivity contribution is 0.220. The zero-order valence-corrected chi connectivity index (χ0v) is 10.8. The van der Waals surface area contributed by atoms with Crippen molar-refractivity contribution in [1.82, 2.24) is 0 Å². The summed E-state index contributed by atoms with van der Waals surface area (Å²) in [6, 6.07) is 9.63. The Labute approximate surface area is 105 Å². The highest BCUT2D eigenvalue weighted by Crippen LogP contribution is 2.28. The van der Waals surface area contributed by atoms with Crippen molar-refractivity contribution in [3.8, 4) is 5.75 Å². The Balaban J connectivity index is 2.24. The van der Waals surface area contributed by atoms with Crippen molar-refractivity contribution in [2.45, 2.75) is 20.0 Å². The summed E-state index contributed by atoms with van der Waals surface area (Å²) >= 11 is 1.65. The SMILES string of the molecule is CCOc1cccc(C(O)c2csc(C)c2)c1. The highest BCUT2D eigenvalue weighted by Gasteiger charge is 2.12. The molecule has 0 bridgehead atoms. The van der Waals surface area contributed by atoms with Gasteiger partial charge in [0.15, 0.2) is 0 Å². The predicted octanol–water partition coefficient (Wildman–Crippen LogP) is 3.54. The van der Waals surface area contributed by atoms with Gasteiger partial charge in [0.2, 0.25) is 0 Å². The van der Waals surface area contributed by atoms with Crippen LogP contribution in [-0.4, -0.2) is 11.7 Å². The molecule has 1 heterocycles. The molecule has 3 heteroatoms. The summed E-state index contributed by atoms with van der Waals surface area (Å²) in [4.78, 5) is 1.21. The van der Waals surface area contributed by atoms with Gasteiger partial charge in [0.1, 0.15) is 11.9 Å². The molecule has 0 spiro atoms. The topological polar surface area (TPSA) is 29.5 Å². The van der Waals surface area contributed by atoms with E-state index in [1.165, 1.54) is 4.88 Å². The number of benzene rings is 1. The molecule has 0 fully saturated rings. The number of rotatable bonds is 4. The zero-order chi connectivity index (χ0) is 12.3. The molecule has 90 valence electrons. The van der Waals surface area contributed by atoms with Crippen LogP contribution < -0.4 is 4.74 Å². The van der Waals surface area contributed by atoms with Gasteiger partial charge in [-0.1, -0.05) is 12.1 Å². The van der Waals surface area contributed by atoms with E-state index in [0.717, 1.165) is 16.9 Å². The molecule has 0 aliphatic carbocycles. The molecule has 1 aromatic carbocycles. The van der Waals surface area contributed by atoms with Crippen molar-refractivity contribution in [3.63, 3.8) is 0 Å². The first-order chi connectivity index (χ1) is 8.20. The molecule has 0 saturated heterocycles. The van der Waals surface area contributed by atoms with Gasteiger partial charge in [0.05, 0.1) is 6.61 Å². The maximum absolute atomic E-state index is 10.2. The van der Waals surface area contributed by atoms with Gasteiger partial charge in [-0.25, -0.2) is 0 Å². The van der Waals surface area contributed by atoms with Crippen molar-refractivity contribution in [1.29, 1.82) is 0 Å². The second-order valence-electron chi connectivity index (χ2n) is 3.90. The van der Waals surface area contributed by atoms with E-state index in [4.69, 9.17) is 4.74 Å². The van der Waals surface area contributed by atoms with Gasteiger partial charge >= 0.3 is 0 Å². The predicted molar refractivity (Wildman–Crippen MR) is 70.7 cm³/mol. The van der Waals surface area contributed by atoms with Gasteiger partial charge in [-0.2, -0.15) is 0 Å². The average molecular weight is 248 g/mol. The van der Waals surface area contributed by atoms with Crippen LogP contribution in [0.2, 0.25) is 0 Å². The van der Waals surface area contributed by atoms with Gasteiger partial charge < -0.3 is 9.84 Å². The molecule has 0 saturated carbocycles. The normalized spacial score (nSPS) is 12.4. The molecule has 17 heavy (non-hydrogen) atoms. The van der Waals surface area contributed by atoms with Crippen LogP contribution in [0.25, 0.3) is 0 Å². The second-order valence-corrected chi connectivity index (χ2v) is 5.01. The van der Waals surface area contributed by atoms with Crippen LogP contribution in [0.15, 0.2) is 35.7 Å². The van der Waals surface area contributed by atoms with Gasteiger partial charge in [0.25, 0.3) is 0 Å². The summed E-state index contributed by atoms with van der Waals surface area (Å²) in [7, 11) is 0. The van der Waals surface area contributed by atoms with Crippen LogP contribution >= 0.6 is 11.3 Å². The first-order valence-corrected chi connectivity index (χ1v) is 6.54. The molecule has 2 nitrogen and oxygen atoms in total. The van der Waals surface area contributed by atoms with Crippen LogP contribution in [0.1, 0.15) is 29.0 Å². The van der Waals surface area contributed by atoms with Crippen molar-refractivity contribution < 1.29 is 9.84 Å². The molecule has 0 amide bonds. The highest BCUT2D eigenvalue weighted by atomic mass is 32.1. The van der Waals surface area contributed by atoms with Crippen molar-refractivity contribution in [2.24, 2.45) is 0 Å². The van der Waals surface area contributed by atoms with Crippen molar-refractivity contribution in [2.75, 3.05) is 6.61 Å². The molecule has 2 rings (SSSR count). The van der Waals surface area contributed by atoms with E-state index in [0.29, 0.717) is 6.61 Å². The Morgan fingerprint density at radius 2 is 2.12 bits per heavy atom. The molecule has 0 aliphatic rings. The van der Waals surface area contributed by atoms with Gasteiger partial charge in [-0.05, 0) is 48.6 Å². The van der Waals surface area contributed by atoms with Crippen LogP contribution in [0.5, 0.6) is 5.75 Å². The van der Waals surface area contributed by atoms with Crippen LogP contribution in [-0.2, 0) is 0 Å². The molecule has 1 aromatic heterocycles. The van der Waals surface area contributed by atoms with Crippen LogP contribution in [0.3, 0.4) is 0 Å². The van der Waals surface area contributed by atoms with E-state index >= 15 is 0 Å². The molecule has 1 unspecified atom stereocenters. The Hall–Kier alpha value is -1.32. The number of ether oxygens (including phenoxy) is 1. The van der Waals surface area contributed by atoms with E-state index in [2.05, 4.69) is 0 Å². The Morgan fingerprint density at radius 1 is 1.29 bits per heavy atom. The number of aliphatic hydroxyl groups is 1. The van der Waals surface area contributed by atoms with Gasteiger partial charge in [-0.3, -0.25) is 0 Å². The molecule has 2 aromatic rings. The van der Waals surface area contributed by atoms with E-state index in [1.807, 2.05) is 49.6 Å². The van der Waals surface area contributed by atoms with Crippen molar-refractivity contribution in [3.05, 3.63) is 51.7 Å². The molecule has 0 aliphatic heterocycles. The van der Waals surface area contributed by atoms with Crippen molar-refractivity contribution >= 4 is 11.3 Å². The van der Waals surface area contributed by atoms with E-state index in [-0.39, 0.29) is 0 Å². The summed E-state index contributed by atoms with van der Waals surface area (Å²) < 4.78 is 5.43. The first-order valence-electron chi connectivity index (χ1n) is 5.66. The largest absolute Gasteiger partial charge is 0.494 e. The minimum atomic E-state index is -0.569. The number of aliphatic hydroxyl groups excluding tert-OH is 1. The summed E-state index contributed by atoms with van der Waals surface area (Å²) in [6.07, 6.45) is -0.569.